The van der Waals surface area contributed by atoms with Crippen LogP contribution >= 0.6 is 0 Å². The Morgan fingerprint density at radius 3 is 2.50 bits per heavy atom. The highest BCUT2D eigenvalue weighted by Crippen LogP contribution is 2.09. The van der Waals surface area contributed by atoms with E-state index < -0.39 is 0 Å². The van der Waals surface area contributed by atoms with E-state index in [0.717, 1.165) is 26.1 Å². The van der Waals surface area contributed by atoms with Crippen molar-refractivity contribution in [3.63, 3.8) is 0 Å². The first-order valence-electron chi connectivity index (χ1n) is 6.40. The van der Waals surface area contributed by atoms with E-state index in [0.29, 0.717) is 6.04 Å². The van der Waals surface area contributed by atoms with Gasteiger partial charge in [0, 0.05) is 25.7 Å². The summed E-state index contributed by atoms with van der Waals surface area (Å²) < 4.78 is 0. The summed E-state index contributed by atoms with van der Waals surface area (Å²) in [5.74, 6) is 0. The van der Waals surface area contributed by atoms with Gasteiger partial charge in [-0.25, -0.2) is 0 Å². The number of piperazine rings is 1. The minimum atomic E-state index is 0.603. The second kappa shape index (κ2) is 6.02. The second-order valence-corrected chi connectivity index (χ2v) is 4.63. The van der Waals surface area contributed by atoms with E-state index in [9.17, 15) is 0 Å². The molecular formula is C14H22N2. The Morgan fingerprint density at radius 1 is 1.12 bits per heavy atom. The zero-order valence-corrected chi connectivity index (χ0v) is 10.1. The van der Waals surface area contributed by atoms with Crippen molar-refractivity contribution in [1.29, 1.82) is 0 Å². The van der Waals surface area contributed by atoms with E-state index in [1.165, 1.54) is 24.0 Å². The zero-order chi connectivity index (χ0) is 11.2. The van der Waals surface area contributed by atoms with E-state index in [-0.39, 0.29) is 0 Å². The van der Waals surface area contributed by atoms with Gasteiger partial charge in [0.05, 0.1) is 0 Å². The van der Waals surface area contributed by atoms with Crippen LogP contribution in [0.3, 0.4) is 0 Å². The van der Waals surface area contributed by atoms with Crippen LogP contribution in [0.5, 0.6) is 0 Å². The van der Waals surface area contributed by atoms with Gasteiger partial charge in [-0.3, -0.25) is 0 Å². The van der Waals surface area contributed by atoms with Gasteiger partial charge in [-0.2, -0.15) is 0 Å². The molecule has 1 aromatic carbocycles. The van der Waals surface area contributed by atoms with Crippen LogP contribution < -0.4 is 10.6 Å². The minimum Gasteiger partial charge on any atom is -0.314 e. The molecule has 2 nitrogen and oxygen atoms in total. The molecule has 0 aliphatic carbocycles. The standard InChI is InChI=1S/C14H22N2/c1-2-3-12-4-6-13(7-5-12)10-14-11-15-8-9-16-14/h4-7,14-16H,2-3,8-11H2,1H3. The number of nitrogens with one attached hydrogen (secondary N) is 2. The summed E-state index contributed by atoms with van der Waals surface area (Å²) in [6, 6.07) is 9.71. The van der Waals surface area contributed by atoms with Crippen LogP contribution in [0, 0.1) is 0 Å². The van der Waals surface area contributed by atoms with E-state index in [1.807, 2.05) is 0 Å². The lowest BCUT2D eigenvalue weighted by atomic mass is 10.0. The lowest BCUT2D eigenvalue weighted by molar-refractivity contribution is 0.416. The summed E-state index contributed by atoms with van der Waals surface area (Å²) in [6.45, 7) is 5.52. The lowest BCUT2D eigenvalue weighted by Crippen LogP contribution is -2.49. The highest BCUT2D eigenvalue weighted by Gasteiger charge is 2.11. The third kappa shape index (κ3) is 3.32. The molecule has 2 heteroatoms. The molecule has 1 atom stereocenters. The van der Waals surface area contributed by atoms with Gasteiger partial charge in [-0.05, 0) is 24.0 Å². The number of rotatable bonds is 4. The molecule has 0 saturated carbocycles. The molecule has 0 bridgehead atoms. The molecule has 1 heterocycles. The van der Waals surface area contributed by atoms with Crippen molar-refractivity contribution in [1.82, 2.24) is 10.6 Å². The molecule has 1 saturated heterocycles. The minimum absolute atomic E-state index is 0.603. The van der Waals surface area contributed by atoms with Crippen molar-refractivity contribution in [2.24, 2.45) is 0 Å². The fourth-order valence-corrected chi connectivity index (χ4v) is 2.27. The second-order valence-electron chi connectivity index (χ2n) is 4.63. The number of hydrogen-bond acceptors (Lipinski definition) is 2. The maximum absolute atomic E-state index is 3.54. The summed E-state index contributed by atoms with van der Waals surface area (Å²) in [5, 5.41) is 6.97. The van der Waals surface area contributed by atoms with Crippen molar-refractivity contribution in [2.75, 3.05) is 19.6 Å². The SMILES string of the molecule is CCCc1ccc(CC2CNCCN2)cc1. The predicted octanol–water partition coefficient (Wildman–Crippen LogP) is 1.74. The molecule has 0 radical (unpaired) electrons. The average Bonchev–Trinajstić information content (AvgIpc) is 2.33. The van der Waals surface area contributed by atoms with Crippen molar-refractivity contribution in [3.8, 4) is 0 Å². The highest BCUT2D eigenvalue weighted by molar-refractivity contribution is 5.23. The van der Waals surface area contributed by atoms with Crippen molar-refractivity contribution < 1.29 is 0 Å². The maximum Gasteiger partial charge on any atom is 0.0233 e. The molecule has 0 spiro atoms. The van der Waals surface area contributed by atoms with Crippen LogP contribution in [0.25, 0.3) is 0 Å². The van der Waals surface area contributed by atoms with Gasteiger partial charge in [0.1, 0.15) is 0 Å². The molecule has 1 unspecified atom stereocenters. The van der Waals surface area contributed by atoms with Gasteiger partial charge >= 0.3 is 0 Å². The van der Waals surface area contributed by atoms with Crippen molar-refractivity contribution in [3.05, 3.63) is 35.4 Å². The Labute approximate surface area is 98.4 Å². The Hall–Kier alpha value is -0.860. The Kier molecular flexibility index (Phi) is 4.37. The summed E-state index contributed by atoms with van der Waals surface area (Å²) in [5.41, 5.74) is 2.90. The first-order chi connectivity index (χ1) is 7.88. The van der Waals surface area contributed by atoms with E-state index in [1.54, 1.807) is 0 Å². The molecule has 0 amide bonds. The number of hydrogen-bond donors (Lipinski definition) is 2. The van der Waals surface area contributed by atoms with Crippen LogP contribution in [-0.4, -0.2) is 25.7 Å². The first-order valence-corrected chi connectivity index (χ1v) is 6.40. The first kappa shape index (κ1) is 11.6. The molecule has 16 heavy (non-hydrogen) atoms. The summed E-state index contributed by atoms with van der Waals surface area (Å²) in [7, 11) is 0. The van der Waals surface area contributed by atoms with Crippen LogP contribution in [-0.2, 0) is 12.8 Å². The van der Waals surface area contributed by atoms with E-state index in [4.69, 9.17) is 0 Å². The van der Waals surface area contributed by atoms with Crippen LogP contribution in [0.4, 0.5) is 0 Å². The number of benzene rings is 1. The fourth-order valence-electron chi connectivity index (χ4n) is 2.27. The van der Waals surface area contributed by atoms with Gasteiger partial charge in [-0.15, -0.1) is 0 Å². The lowest BCUT2D eigenvalue weighted by Gasteiger charge is -2.24. The largest absolute Gasteiger partial charge is 0.314 e. The Bertz CT molecular complexity index is 299. The Balaban J connectivity index is 1.88. The quantitative estimate of drug-likeness (QED) is 0.804. The van der Waals surface area contributed by atoms with E-state index >= 15 is 0 Å². The molecule has 0 aromatic heterocycles. The molecule has 88 valence electrons. The fraction of sp³-hybridized carbons (Fsp3) is 0.571. The van der Waals surface area contributed by atoms with Crippen LogP contribution in [0.1, 0.15) is 24.5 Å². The van der Waals surface area contributed by atoms with Gasteiger partial charge in [-0.1, -0.05) is 37.6 Å². The third-order valence-corrected chi connectivity index (χ3v) is 3.17. The highest BCUT2D eigenvalue weighted by atomic mass is 15.0. The van der Waals surface area contributed by atoms with Gasteiger partial charge in [0.2, 0.25) is 0 Å². The molecular weight excluding hydrogens is 196 g/mol. The summed E-state index contributed by atoms with van der Waals surface area (Å²) in [6.07, 6.45) is 3.57. The smallest absolute Gasteiger partial charge is 0.0233 e. The van der Waals surface area contributed by atoms with Crippen LogP contribution in [0.2, 0.25) is 0 Å². The molecule has 1 aliphatic heterocycles. The zero-order valence-electron chi connectivity index (χ0n) is 10.1. The maximum atomic E-state index is 3.54. The topological polar surface area (TPSA) is 24.1 Å². The van der Waals surface area contributed by atoms with Crippen molar-refractivity contribution in [2.45, 2.75) is 32.2 Å². The summed E-state index contributed by atoms with van der Waals surface area (Å²) >= 11 is 0. The van der Waals surface area contributed by atoms with Crippen molar-refractivity contribution >= 4 is 0 Å². The molecule has 2 rings (SSSR count). The normalized spacial score (nSPS) is 20.9. The predicted molar refractivity (Wildman–Crippen MR) is 68.8 cm³/mol. The average molecular weight is 218 g/mol. The van der Waals surface area contributed by atoms with Gasteiger partial charge < -0.3 is 10.6 Å². The van der Waals surface area contributed by atoms with E-state index in [2.05, 4.69) is 41.8 Å². The molecule has 1 fully saturated rings. The third-order valence-electron chi connectivity index (χ3n) is 3.17. The number of aryl methyl sites for hydroxylation is 1. The van der Waals surface area contributed by atoms with Gasteiger partial charge in [0.25, 0.3) is 0 Å². The Morgan fingerprint density at radius 2 is 1.88 bits per heavy atom. The monoisotopic (exact) mass is 218 g/mol. The molecule has 2 N–H and O–H groups in total. The molecule has 1 aromatic rings. The summed E-state index contributed by atoms with van der Waals surface area (Å²) in [4.78, 5) is 0. The van der Waals surface area contributed by atoms with Gasteiger partial charge in [0.15, 0.2) is 0 Å². The van der Waals surface area contributed by atoms with Crippen LogP contribution in [0.15, 0.2) is 24.3 Å². The molecule has 1 aliphatic rings.